The molecule has 1 aromatic heterocycles. The fourth-order valence-electron chi connectivity index (χ4n) is 1.16. The first-order valence-electron chi connectivity index (χ1n) is 3.66. The van der Waals surface area contributed by atoms with E-state index in [9.17, 15) is 4.79 Å². The van der Waals surface area contributed by atoms with Crippen LogP contribution in [-0.2, 0) is 0 Å². The van der Waals surface area contributed by atoms with E-state index < -0.39 is 5.63 Å². The van der Waals surface area contributed by atoms with Gasteiger partial charge in [0.1, 0.15) is 5.58 Å². The van der Waals surface area contributed by atoms with Crippen molar-refractivity contribution >= 4 is 40.7 Å². The van der Waals surface area contributed by atoms with Crippen molar-refractivity contribution < 1.29 is 4.42 Å². The van der Waals surface area contributed by atoms with Crippen LogP contribution in [0.15, 0.2) is 33.5 Å². The lowest BCUT2D eigenvalue weighted by Gasteiger charge is -1.99. The predicted octanol–water partition coefficient (Wildman–Crippen LogP) is 2.45. The first-order valence-corrected chi connectivity index (χ1v) is 4.03. The highest BCUT2D eigenvalue weighted by Crippen LogP contribution is 2.22. The van der Waals surface area contributed by atoms with Crippen molar-refractivity contribution in [2.45, 2.75) is 0 Å². The van der Waals surface area contributed by atoms with Gasteiger partial charge in [-0.25, -0.2) is 4.79 Å². The number of nitrogen functional groups attached to an aromatic ring is 1. The molecule has 0 radical (unpaired) electrons. The molecule has 0 amide bonds. The fourth-order valence-corrected chi connectivity index (χ4v) is 1.33. The molecular formula is C9H7Cl2NO2. The third-order valence-corrected chi connectivity index (χ3v) is 1.97. The van der Waals surface area contributed by atoms with Crippen LogP contribution in [0.1, 0.15) is 0 Å². The van der Waals surface area contributed by atoms with E-state index in [1.807, 2.05) is 0 Å². The lowest BCUT2D eigenvalue weighted by molar-refractivity contribution is 0.562. The van der Waals surface area contributed by atoms with Crippen molar-refractivity contribution in [3.63, 3.8) is 0 Å². The highest BCUT2D eigenvalue weighted by atomic mass is 35.5. The Morgan fingerprint density at radius 1 is 1.29 bits per heavy atom. The number of fused-ring (bicyclic) bond motifs is 1. The molecule has 2 rings (SSSR count). The summed E-state index contributed by atoms with van der Waals surface area (Å²) < 4.78 is 4.90. The molecule has 0 saturated carbocycles. The van der Waals surface area contributed by atoms with Crippen molar-refractivity contribution in [1.29, 1.82) is 0 Å². The molecule has 0 saturated heterocycles. The molecule has 74 valence electrons. The summed E-state index contributed by atoms with van der Waals surface area (Å²) in [6.45, 7) is 0. The summed E-state index contributed by atoms with van der Waals surface area (Å²) in [4.78, 5) is 10.9. The molecular weight excluding hydrogens is 225 g/mol. The molecule has 2 N–H and O–H groups in total. The Morgan fingerprint density at radius 2 is 2.00 bits per heavy atom. The Hall–Kier alpha value is -1.19. The normalized spacial score (nSPS) is 9.79. The lowest BCUT2D eigenvalue weighted by Crippen LogP contribution is -1.99. The maximum atomic E-state index is 10.9. The molecule has 0 unspecified atom stereocenters. The monoisotopic (exact) mass is 231 g/mol. The minimum atomic E-state index is -0.452. The van der Waals surface area contributed by atoms with E-state index in [1.54, 1.807) is 18.2 Å². The Morgan fingerprint density at radius 3 is 2.71 bits per heavy atom. The number of rotatable bonds is 0. The number of benzene rings is 1. The van der Waals surface area contributed by atoms with Gasteiger partial charge in [0, 0.05) is 22.2 Å². The first-order chi connectivity index (χ1) is 6.16. The molecule has 2 aromatic rings. The van der Waals surface area contributed by atoms with E-state index in [2.05, 4.69) is 0 Å². The summed E-state index contributed by atoms with van der Waals surface area (Å²) >= 11 is 5.76. The predicted molar refractivity (Wildman–Crippen MR) is 59.2 cm³/mol. The topological polar surface area (TPSA) is 56.2 Å². The maximum Gasteiger partial charge on any atom is 0.338 e. The van der Waals surface area contributed by atoms with Gasteiger partial charge in [0.25, 0.3) is 0 Å². The van der Waals surface area contributed by atoms with Gasteiger partial charge >= 0.3 is 5.63 Å². The molecule has 3 nitrogen and oxygen atoms in total. The summed E-state index contributed by atoms with van der Waals surface area (Å²) in [5.41, 5.74) is 5.99. The van der Waals surface area contributed by atoms with E-state index >= 15 is 0 Å². The Balaban J connectivity index is 0.000000980. The molecule has 0 atom stereocenters. The highest BCUT2D eigenvalue weighted by Gasteiger charge is 2.02. The molecule has 0 spiro atoms. The van der Waals surface area contributed by atoms with Gasteiger partial charge in [-0.2, -0.15) is 0 Å². The van der Waals surface area contributed by atoms with Crippen LogP contribution in [0.4, 0.5) is 5.69 Å². The van der Waals surface area contributed by atoms with E-state index in [1.165, 1.54) is 6.07 Å². The van der Waals surface area contributed by atoms with Crippen LogP contribution in [0, 0.1) is 0 Å². The van der Waals surface area contributed by atoms with Crippen LogP contribution < -0.4 is 11.4 Å². The van der Waals surface area contributed by atoms with Crippen molar-refractivity contribution in [2.24, 2.45) is 0 Å². The maximum absolute atomic E-state index is 10.9. The van der Waals surface area contributed by atoms with E-state index in [-0.39, 0.29) is 12.4 Å². The van der Waals surface area contributed by atoms with Gasteiger partial charge in [-0.3, -0.25) is 0 Å². The Kier molecular flexibility index (Phi) is 3.03. The van der Waals surface area contributed by atoms with Crippen molar-refractivity contribution in [1.82, 2.24) is 0 Å². The molecule has 0 aliphatic heterocycles. The summed E-state index contributed by atoms with van der Waals surface area (Å²) in [6.07, 6.45) is 0. The van der Waals surface area contributed by atoms with Gasteiger partial charge in [0.15, 0.2) is 0 Å². The number of anilines is 1. The summed E-state index contributed by atoms with van der Waals surface area (Å²) in [5, 5.41) is 1.22. The van der Waals surface area contributed by atoms with Crippen LogP contribution in [0.3, 0.4) is 0 Å². The van der Waals surface area contributed by atoms with Gasteiger partial charge in [-0.05, 0) is 18.2 Å². The Labute approximate surface area is 90.9 Å². The lowest BCUT2D eigenvalue weighted by atomic mass is 10.2. The smallest absolute Gasteiger partial charge is 0.338 e. The molecule has 1 aromatic carbocycles. The van der Waals surface area contributed by atoms with Gasteiger partial charge in [0.05, 0.1) is 0 Å². The quantitative estimate of drug-likeness (QED) is 0.709. The fraction of sp³-hybridized carbons (Fsp3) is 0. The zero-order valence-corrected chi connectivity index (χ0v) is 8.56. The number of halogens is 2. The minimum Gasteiger partial charge on any atom is -0.423 e. The van der Waals surface area contributed by atoms with Gasteiger partial charge in [-0.15, -0.1) is 12.4 Å². The SMILES string of the molecule is Cl.Nc1cc(=O)oc2ccc(Cl)cc12. The van der Waals surface area contributed by atoms with Crippen LogP contribution in [-0.4, -0.2) is 0 Å². The van der Waals surface area contributed by atoms with Crippen molar-refractivity contribution in [2.75, 3.05) is 5.73 Å². The third kappa shape index (κ3) is 1.84. The standard InChI is InChI=1S/C9H6ClNO2.ClH/c10-5-1-2-8-6(3-5)7(11)4-9(12)13-8;/h1-4H,11H2;1H. The molecule has 0 bridgehead atoms. The summed E-state index contributed by atoms with van der Waals surface area (Å²) in [7, 11) is 0. The first kappa shape index (κ1) is 10.9. The zero-order chi connectivity index (χ0) is 9.42. The number of hydrogen-bond donors (Lipinski definition) is 1. The average molecular weight is 232 g/mol. The van der Waals surface area contributed by atoms with Crippen molar-refractivity contribution in [3.8, 4) is 0 Å². The number of hydrogen-bond acceptors (Lipinski definition) is 3. The molecule has 5 heteroatoms. The minimum absolute atomic E-state index is 0. The summed E-state index contributed by atoms with van der Waals surface area (Å²) in [5.74, 6) is 0. The largest absolute Gasteiger partial charge is 0.423 e. The van der Waals surface area contributed by atoms with E-state index in [0.717, 1.165) is 0 Å². The molecule has 14 heavy (non-hydrogen) atoms. The van der Waals surface area contributed by atoms with Crippen LogP contribution in [0.2, 0.25) is 5.02 Å². The highest BCUT2D eigenvalue weighted by molar-refractivity contribution is 6.31. The van der Waals surface area contributed by atoms with Crippen LogP contribution in [0.25, 0.3) is 11.0 Å². The third-order valence-electron chi connectivity index (χ3n) is 1.74. The summed E-state index contributed by atoms with van der Waals surface area (Å²) in [6, 6.07) is 6.16. The second kappa shape index (κ2) is 3.90. The molecule has 0 aliphatic rings. The van der Waals surface area contributed by atoms with Gasteiger partial charge < -0.3 is 10.2 Å². The molecule has 0 fully saturated rings. The second-order valence-corrected chi connectivity index (χ2v) is 3.10. The Bertz CT molecular complexity index is 522. The van der Waals surface area contributed by atoms with Crippen molar-refractivity contribution in [3.05, 3.63) is 39.7 Å². The number of nitrogens with two attached hydrogens (primary N) is 1. The average Bonchev–Trinajstić information content (AvgIpc) is 2.06. The van der Waals surface area contributed by atoms with Crippen LogP contribution in [0.5, 0.6) is 0 Å². The molecule has 1 heterocycles. The van der Waals surface area contributed by atoms with E-state index in [0.29, 0.717) is 21.7 Å². The van der Waals surface area contributed by atoms with E-state index in [4.69, 9.17) is 21.8 Å². The molecule has 0 aliphatic carbocycles. The zero-order valence-electron chi connectivity index (χ0n) is 6.99. The van der Waals surface area contributed by atoms with Gasteiger partial charge in [0.2, 0.25) is 0 Å². The van der Waals surface area contributed by atoms with Crippen LogP contribution >= 0.6 is 24.0 Å². The van der Waals surface area contributed by atoms with Gasteiger partial charge in [-0.1, -0.05) is 11.6 Å². The second-order valence-electron chi connectivity index (χ2n) is 2.66.